The Morgan fingerprint density at radius 3 is 3.25 bits per heavy atom. The Morgan fingerprint density at radius 1 is 1.62 bits per heavy atom. The Bertz CT molecular complexity index is 396. The van der Waals surface area contributed by atoms with Gasteiger partial charge in [0.25, 0.3) is 5.56 Å². The Balaban J connectivity index is 1.84. The van der Waals surface area contributed by atoms with E-state index in [1.165, 1.54) is 19.2 Å². The summed E-state index contributed by atoms with van der Waals surface area (Å²) in [5.74, 6) is 0.474. The van der Waals surface area contributed by atoms with Crippen molar-refractivity contribution in [1.82, 2.24) is 15.3 Å². The molecule has 0 aromatic carbocycles. The number of nitrogens with zero attached hydrogens (tertiary/aromatic N) is 1. The van der Waals surface area contributed by atoms with Crippen LogP contribution < -0.4 is 21.9 Å². The second-order valence-corrected chi connectivity index (χ2v) is 4.00. The lowest BCUT2D eigenvalue weighted by Crippen LogP contribution is -2.25. The van der Waals surface area contributed by atoms with E-state index in [0.717, 1.165) is 19.5 Å². The lowest BCUT2D eigenvalue weighted by atomic mass is 10.1. The third-order valence-electron chi connectivity index (χ3n) is 2.84. The molecule has 1 saturated heterocycles. The first-order valence-electron chi connectivity index (χ1n) is 5.58. The zero-order chi connectivity index (χ0) is 11.4. The molecule has 6 nitrogen and oxygen atoms in total. The molecule has 0 unspecified atom stereocenters. The van der Waals surface area contributed by atoms with E-state index in [4.69, 9.17) is 5.73 Å². The van der Waals surface area contributed by atoms with Crippen molar-refractivity contribution < 1.29 is 0 Å². The van der Waals surface area contributed by atoms with Crippen LogP contribution >= 0.6 is 0 Å². The minimum absolute atomic E-state index is 0.155. The number of hydrogen-bond donors (Lipinski definition) is 4. The molecule has 88 valence electrons. The molecule has 2 rings (SSSR count). The van der Waals surface area contributed by atoms with Crippen LogP contribution in [0, 0.1) is 0 Å². The zero-order valence-electron chi connectivity index (χ0n) is 9.12. The van der Waals surface area contributed by atoms with Crippen LogP contribution in [0.15, 0.2) is 11.1 Å². The van der Waals surface area contributed by atoms with Gasteiger partial charge in [0.2, 0.25) is 0 Å². The number of nitrogens with one attached hydrogen (secondary N) is 3. The summed E-state index contributed by atoms with van der Waals surface area (Å²) in [5.41, 5.74) is 5.45. The SMILES string of the molecule is Nc1c(NCC[C@H]2CCCN2)nc[nH]c1=O. The first kappa shape index (κ1) is 10.9. The van der Waals surface area contributed by atoms with Crippen molar-refractivity contribution in [1.29, 1.82) is 0 Å². The normalized spacial score (nSPS) is 19.9. The van der Waals surface area contributed by atoms with Crippen molar-refractivity contribution in [2.75, 3.05) is 24.1 Å². The summed E-state index contributed by atoms with van der Waals surface area (Å²) in [7, 11) is 0. The number of nitrogens with two attached hydrogens (primary N) is 1. The number of anilines is 2. The van der Waals surface area contributed by atoms with E-state index in [-0.39, 0.29) is 11.2 Å². The molecule has 1 atom stereocenters. The molecule has 1 aromatic heterocycles. The van der Waals surface area contributed by atoms with E-state index >= 15 is 0 Å². The fraction of sp³-hybridized carbons (Fsp3) is 0.600. The van der Waals surface area contributed by atoms with Crippen molar-refractivity contribution in [2.45, 2.75) is 25.3 Å². The predicted molar refractivity (Wildman–Crippen MR) is 63.4 cm³/mol. The third kappa shape index (κ3) is 2.52. The van der Waals surface area contributed by atoms with Gasteiger partial charge in [-0.1, -0.05) is 0 Å². The summed E-state index contributed by atoms with van der Waals surface area (Å²) >= 11 is 0. The van der Waals surface area contributed by atoms with Crippen LogP contribution in [-0.4, -0.2) is 29.1 Å². The highest BCUT2D eigenvalue weighted by Gasteiger charge is 2.13. The van der Waals surface area contributed by atoms with E-state index in [9.17, 15) is 4.79 Å². The molecule has 0 bridgehead atoms. The molecule has 1 aromatic rings. The second-order valence-electron chi connectivity index (χ2n) is 4.00. The quantitative estimate of drug-likeness (QED) is 0.572. The van der Waals surface area contributed by atoms with Gasteiger partial charge in [-0.05, 0) is 25.8 Å². The topological polar surface area (TPSA) is 95.8 Å². The molecule has 1 fully saturated rings. The highest BCUT2D eigenvalue weighted by molar-refractivity contribution is 5.58. The van der Waals surface area contributed by atoms with Gasteiger partial charge in [0.1, 0.15) is 5.69 Å². The standard InChI is InChI=1S/C10H17N5O/c11-8-9(14-6-15-10(8)16)13-5-3-7-2-1-4-12-7/h6-7,12H,1-5,11H2,(H2,13,14,15,16)/t7-/m1/s1. The molecule has 0 radical (unpaired) electrons. The highest BCUT2D eigenvalue weighted by atomic mass is 16.1. The van der Waals surface area contributed by atoms with Crippen LogP contribution in [0.5, 0.6) is 0 Å². The fourth-order valence-electron chi connectivity index (χ4n) is 1.92. The smallest absolute Gasteiger partial charge is 0.276 e. The van der Waals surface area contributed by atoms with Gasteiger partial charge in [-0.15, -0.1) is 0 Å². The molecule has 2 heterocycles. The average Bonchev–Trinajstić information content (AvgIpc) is 2.77. The van der Waals surface area contributed by atoms with E-state index in [2.05, 4.69) is 20.6 Å². The Hall–Kier alpha value is -1.56. The van der Waals surface area contributed by atoms with Gasteiger partial charge in [0.05, 0.1) is 6.33 Å². The largest absolute Gasteiger partial charge is 0.391 e. The molecule has 1 aliphatic heterocycles. The lowest BCUT2D eigenvalue weighted by Gasteiger charge is -2.11. The molecule has 0 saturated carbocycles. The number of aromatic amines is 1. The molecule has 0 amide bonds. The van der Waals surface area contributed by atoms with Crippen LogP contribution in [0.4, 0.5) is 11.5 Å². The van der Waals surface area contributed by atoms with Gasteiger partial charge >= 0.3 is 0 Å². The van der Waals surface area contributed by atoms with Crippen molar-refractivity contribution in [3.8, 4) is 0 Å². The first-order valence-corrected chi connectivity index (χ1v) is 5.58. The summed E-state index contributed by atoms with van der Waals surface area (Å²) in [6.45, 7) is 1.88. The van der Waals surface area contributed by atoms with Crippen molar-refractivity contribution in [2.24, 2.45) is 0 Å². The van der Waals surface area contributed by atoms with Crippen LogP contribution in [0.25, 0.3) is 0 Å². The third-order valence-corrected chi connectivity index (χ3v) is 2.84. The Kier molecular flexibility index (Phi) is 3.40. The van der Waals surface area contributed by atoms with Crippen molar-refractivity contribution >= 4 is 11.5 Å². The van der Waals surface area contributed by atoms with Crippen LogP contribution in [0.2, 0.25) is 0 Å². The van der Waals surface area contributed by atoms with Crippen LogP contribution in [0.1, 0.15) is 19.3 Å². The second kappa shape index (κ2) is 4.98. The van der Waals surface area contributed by atoms with E-state index in [0.29, 0.717) is 11.9 Å². The number of nitrogen functional groups attached to an aromatic ring is 1. The number of hydrogen-bond acceptors (Lipinski definition) is 5. The Morgan fingerprint density at radius 2 is 2.50 bits per heavy atom. The lowest BCUT2D eigenvalue weighted by molar-refractivity contribution is 0.574. The maximum Gasteiger partial charge on any atom is 0.276 e. The maximum atomic E-state index is 11.2. The van der Waals surface area contributed by atoms with Crippen LogP contribution in [0.3, 0.4) is 0 Å². The molecule has 5 N–H and O–H groups in total. The van der Waals surface area contributed by atoms with Gasteiger partial charge in [-0.25, -0.2) is 4.98 Å². The Labute approximate surface area is 93.7 Å². The monoisotopic (exact) mass is 223 g/mol. The minimum Gasteiger partial charge on any atom is -0.391 e. The number of rotatable bonds is 4. The number of aromatic nitrogens is 2. The van der Waals surface area contributed by atoms with E-state index in [1.54, 1.807) is 0 Å². The van der Waals surface area contributed by atoms with Crippen LogP contribution in [-0.2, 0) is 0 Å². The molecule has 6 heteroatoms. The molecule has 16 heavy (non-hydrogen) atoms. The summed E-state index contributed by atoms with van der Waals surface area (Å²) in [5, 5.41) is 6.49. The van der Waals surface area contributed by atoms with Gasteiger partial charge in [-0.3, -0.25) is 4.79 Å². The molecule has 0 aliphatic carbocycles. The van der Waals surface area contributed by atoms with Gasteiger partial charge in [-0.2, -0.15) is 0 Å². The van der Waals surface area contributed by atoms with Crippen molar-refractivity contribution in [3.63, 3.8) is 0 Å². The molecule has 1 aliphatic rings. The minimum atomic E-state index is -0.295. The van der Waals surface area contributed by atoms with Gasteiger partial charge in [0, 0.05) is 12.6 Å². The highest BCUT2D eigenvalue weighted by Crippen LogP contribution is 2.11. The van der Waals surface area contributed by atoms with Crippen molar-refractivity contribution in [3.05, 3.63) is 16.7 Å². The average molecular weight is 223 g/mol. The maximum absolute atomic E-state index is 11.2. The summed E-state index contributed by atoms with van der Waals surface area (Å²) in [4.78, 5) is 17.6. The van der Waals surface area contributed by atoms with Gasteiger partial charge in [0.15, 0.2) is 5.82 Å². The summed E-state index contributed by atoms with van der Waals surface area (Å²) in [6.07, 6.45) is 4.85. The van der Waals surface area contributed by atoms with Gasteiger partial charge < -0.3 is 21.4 Å². The predicted octanol–water partition coefficient (Wildman–Crippen LogP) is -0.0939. The van der Waals surface area contributed by atoms with E-state index < -0.39 is 0 Å². The molecular formula is C10H17N5O. The summed E-state index contributed by atoms with van der Waals surface area (Å²) in [6, 6.07) is 0.579. The first-order chi connectivity index (χ1) is 7.77. The molecular weight excluding hydrogens is 206 g/mol. The molecule has 0 spiro atoms. The summed E-state index contributed by atoms with van der Waals surface area (Å²) < 4.78 is 0. The number of H-pyrrole nitrogens is 1. The fourth-order valence-corrected chi connectivity index (χ4v) is 1.92. The van der Waals surface area contributed by atoms with E-state index in [1.807, 2.05) is 0 Å². The zero-order valence-corrected chi connectivity index (χ0v) is 9.12.